The van der Waals surface area contributed by atoms with Gasteiger partial charge in [-0.1, -0.05) is 18.2 Å². The highest BCUT2D eigenvalue weighted by Crippen LogP contribution is 2.38. The Kier molecular flexibility index (Phi) is 4.16. The second-order valence-electron chi connectivity index (χ2n) is 7.34. The number of hydrogen-bond donors (Lipinski definition) is 3. The van der Waals surface area contributed by atoms with E-state index in [0.717, 1.165) is 36.3 Å². The maximum Gasteiger partial charge on any atom is 0.255 e. The second-order valence-corrected chi connectivity index (χ2v) is 7.34. The Hall–Kier alpha value is -3.06. The molecular formula is C21H20FN5O. The van der Waals surface area contributed by atoms with Crippen LogP contribution in [-0.4, -0.2) is 27.6 Å². The molecule has 3 aromatic rings. The lowest BCUT2D eigenvalue weighted by atomic mass is 9.99. The Bertz CT molecular complexity index is 1040. The number of hydrogen-bond acceptors (Lipinski definition) is 4. The van der Waals surface area contributed by atoms with Gasteiger partial charge < -0.3 is 10.6 Å². The molecule has 1 aromatic heterocycles. The number of carbonyl (C=O) groups is 1. The normalized spacial score (nSPS) is 15.9. The van der Waals surface area contributed by atoms with Crippen LogP contribution in [-0.2, 0) is 13.0 Å². The van der Waals surface area contributed by atoms with Gasteiger partial charge in [0.1, 0.15) is 11.6 Å². The summed E-state index contributed by atoms with van der Waals surface area (Å²) < 4.78 is 14.7. The summed E-state index contributed by atoms with van der Waals surface area (Å²) in [7, 11) is 0. The van der Waals surface area contributed by atoms with Crippen molar-refractivity contribution in [1.29, 1.82) is 0 Å². The van der Waals surface area contributed by atoms with Crippen LogP contribution in [0.2, 0.25) is 0 Å². The van der Waals surface area contributed by atoms with E-state index < -0.39 is 0 Å². The number of H-pyrrole nitrogens is 1. The molecule has 1 aliphatic heterocycles. The maximum absolute atomic E-state index is 14.7. The number of nitrogens with zero attached hydrogens (tertiary/aromatic N) is 2. The lowest BCUT2D eigenvalue weighted by Crippen LogP contribution is -2.25. The molecule has 0 saturated heterocycles. The van der Waals surface area contributed by atoms with Crippen LogP contribution in [0.5, 0.6) is 0 Å². The first kappa shape index (κ1) is 17.1. The van der Waals surface area contributed by atoms with E-state index in [1.807, 2.05) is 18.2 Å². The Balaban J connectivity index is 1.33. The molecule has 5 rings (SSSR count). The van der Waals surface area contributed by atoms with Crippen LogP contribution in [0.25, 0.3) is 11.4 Å². The molecule has 3 N–H and O–H groups in total. The molecule has 2 heterocycles. The molecule has 7 heteroatoms. The first-order valence-corrected chi connectivity index (χ1v) is 9.54. The second kappa shape index (κ2) is 6.83. The number of amides is 1. The average molecular weight is 377 g/mol. The molecule has 2 aliphatic rings. The summed E-state index contributed by atoms with van der Waals surface area (Å²) in [6, 6.07) is 10.5. The van der Waals surface area contributed by atoms with Gasteiger partial charge in [0.25, 0.3) is 5.91 Å². The maximum atomic E-state index is 14.7. The van der Waals surface area contributed by atoms with Crippen LogP contribution < -0.4 is 10.6 Å². The van der Waals surface area contributed by atoms with E-state index in [0.29, 0.717) is 35.8 Å². The molecule has 1 amide bonds. The predicted molar refractivity (Wildman–Crippen MR) is 104 cm³/mol. The topological polar surface area (TPSA) is 82.7 Å². The molecule has 1 saturated carbocycles. The van der Waals surface area contributed by atoms with E-state index in [9.17, 15) is 9.18 Å². The van der Waals surface area contributed by atoms with Crippen molar-refractivity contribution in [2.24, 2.45) is 0 Å². The molecule has 0 unspecified atom stereocenters. The number of benzene rings is 2. The molecule has 6 nitrogen and oxygen atoms in total. The molecule has 142 valence electrons. The number of halogens is 1. The van der Waals surface area contributed by atoms with Gasteiger partial charge in [0.05, 0.1) is 5.69 Å². The number of nitrogens with one attached hydrogen (secondary N) is 3. The van der Waals surface area contributed by atoms with Crippen LogP contribution >= 0.6 is 0 Å². The zero-order chi connectivity index (χ0) is 19.1. The predicted octanol–water partition coefficient (Wildman–Crippen LogP) is 3.39. The van der Waals surface area contributed by atoms with E-state index in [2.05, 4.69) is 25.8 Å². The zero-order valence-corrected chi connectivity index (χ0v) is 15.3. The summed E-state index contributed by atoms with van der Waals surface area (Å²) in [5.74, 6) is 1.39. The molecule has 2 aromatic carbocycles. The highest BCUT2D eigenvalue weighted by atomic mass is 19.1. The van der Waals surface area contributed by atoms with Crippen LogP contribution in [0.15, 0.2) is 36.4 Å². The largest absolute Gasteiger partial charge is 0.319 e. The van der Waals surface area contributed by atoms with Crippen molar-refractivity contribution in [3.8, 4) is 11.4 Å². The molecule has 0 spiro atoms. The number of aromatic nitrogens is 3. The van der Waals surface area contributed by atoms with Crippen molar-refractivity contribution in [2.45, 2.75) is 31.7 Å². The minimum absolute atomic E-state index is 0.220. The third-order valence-electron chi connectivity index (χ3n) is 5.33. The van der Waals surface area contributed by atoms with Crippen molar-refractivity contribution in [3.63, 3.8) is 0 Å². The monoisotopic (exact) mass is 377 g/mol. The molecule has 28 heavy (non-hydrogen) atoms. The quantitative estimate of drug-likeness (QED) is 0.651. The van der Waals surface area contributed by atoms with Gasteiger partial charge in [0.15, 0.2) is 5.82 Å². The Morgan fingerprint density at radius 1 is 1.14 bits per heavy atom. The van der Waals surface area contributed by atoms with E-state index >= 15 is 0 Å². The fraction of sp³-hybridized carbons (Fsp3) is 0.286. The average Bonchev–Trinajstić information content (AvgIpc) is 3.47. The molecule has 0 atom stereocenters. The van der Waals surface area contributed by atoms with E-state index in [4.69, 9.17) is 0 Å². The smallest absolute Gasteiger partial charge is 0.255 e. The molecule has 1 aliphatic carbocycles. The SMILES string of the molecule is O=C(Nc1ccc2c(c1F)CCNC2)c1ccc(-c2n[nH]c(C3CC3)n2)cc1. The van der Waals surface area contributed by atoms with Crippen molar-refractivity contribution in [2.75, 3.05) is 11.9 Å². The Morgan fingerprint density at radius 2 is 1.96 bits per heavy atom. The van der Waals surface area contributed by atoms with E-state index in [-0.39, 0.29) is 17.4 Å². The van der Waals surface area contributed by atoms with E-state index in [1.54, 1.807) is 18.2 Å². The van der Waals surface area contributed by atoms with Gasteiger partial charge >= 0.3 is 0 Å². The van der Waals surface area contributed by atoms with Crippen LogP contribution in [0, 0.1) is 5.82 Å². The van der Waals surface area contributed by atoms with Gasteiger partial charge in [0, 0.05) is 23.6 Å². The fourth-order valence-corrected chi connectivity index (χ4v) is 3.54. The minimum atomic E-state index is -0.340. The van der Waals surface area contributed by atoms with Crippen molar-refractivity contribution >= 4 is 11.6 Å². The molecular weight excluding hydrogens is 357 g/mol. The number of aromatic amines is 1. The van der Waals surface area contributed by atoms with Crippen molar-refractivity contribution in [3.05, 3.63) is 64.7 Å². The lowest BCUT2D eigenvalue weighted by molar-refractivity contribution is 0.102. The Labute approximate surface area is 161 Å². The zero-order valence-electron chi connectivity index (χ0n) is 15.3. The first-order valence-electron chi connectivity index (χ1n) is 9.54. The van der Waals surface area contributed by atoms with Gasteiger partial charge in [-0.2, -0.15) is 5.10 Å². The number of carbonyl (C=O) groups excluding carboxylic acids is 1. The third kappa shape index (κ3) is 3.18. The Morgan fingerprint density at radius 3 is 2.75 bits per heavy atom. The standard InChI is InChI=1S/C21H20FN5O/c22-18-16-9-10-23-11-15(16)7-8-17(18)24-21(28)14-5-3-13(4-6-14)20-25-19(26-27-20)12-1-2-12/h3-8,12,23H,1-2,9-11H2,(H,24,28)(H,25,26,27). The van der Waals surface area contributed by atoms with Crippen LogP contribution in [0.4, 0.5) is 10.1 Å². The van der Waals surface area contributed by atoms with Gasteiger partial charge in [-0.05, 0) is 55.1 Å². The van der Waals surface area contributed by atoms with Gasteiger partial charge in [0.2, 0.25) is 0 Å². The minimum Gasteiger partial charge on any atom is -0.319 e. The highest BCUT2D eigenvalue weighted by Gasteiger charge is 2.27. The summed E-state index contributed by atoms with van der Waals surface area (Å²) in [5, 5.41) is 13.1. The fourth-order valence-electron chi connectivity index (χ4n) is 3.54. The lowest BCUT2D eigenvalue weighted by Gasteiger charge is -2.19. The van der Waals surface area contributed by atoms with Crippen LogP contribution in [0.1, 0.15) is 46.1 Å². The van der Waals surface area contributed by atoms with Gasteiger partial charge in [-0.15, -0.1) is 0 Å². The number of fused-ring (bicyclic) bond motifs is 1. The molecule has 0 bridgehead atoms. The first-order chi connectivity index (χ1) is 13.7. The van der Waals surface area contributed by atoms with Crippen LogP contribution in [0.3, 0.4) is 0 Å². The summed E-state index contributed by atoms with van der Waals surface area (Å²) in [6.45, 7) is 1.40. The van der Waals surface area contributed by atoms with E-state index in [1.165, 1.54) is 0 Å². The molecule has 0 radical (unpaired) electrons. The summed E-state index contributed by atoms with van der Waals surface area (Å²) in [4.78, 5) is 17.1. The molecule has 1 fully saturated rings. The number of rotatable bonds is 4. The third-order valence-corrected chi connectivity index (χ3v) is 5.33. The van der Waals surface area contributed by atoms with Crippen molar-refractivity contribution < 1.29 is 9.18 Å². The van der Waals surface area contributed by atoms with Crippen molar-refractivity contribution in [1.82, 2.24) is 20.5 Å². The summed E-state index contributed by atoms with van der Waals surface area (Å²) in [5.41, 5.74) is 3.15. The van der Waals surface area contributed by atoms with Gasteiger partial charge in [-0.3, -0.25) is 9.89 Å². The highest BCUT2D eigenvalue weighted by molar-refractivity contribution is 6.04. The summed E-state index contributed by atoms with van der Waals surface area (Å²) in [6.07, 6.45) is 2.94. The summed E-state index contributed by atoms with van der Waals surface area (Å²) >= 11 is 0. The van der Waals surface area contributed by atoms with Gasteiger partial charge in [-0.25, -0.2) is 9.37 Å². The number of anilines is 1.